The first-order chi connectivity index (χ1) is 11.5. The van der Waals surface area contributed by atoms with E-state index in [2.05, 4.69) is 5.32 Å². The summed E-state index contributed by atoms with van der Waals surface area (Å²) >= 11 is 0. The van der Waals surface area contributed by atoms with Gasteiger partial charge in [0.2, 0.25) is 0 Å². The number of primary amides is 1. The Morgan fingerprint density at radius 1 is 1.42 bits per heavy atom. The van der Waals surface area contributed by atoms with Gasteiger partial charge < -0.3 is 25.6 Å². The standard InChI is InChI=1S/C17H24N2O5/c1-23-14-6-5-12(9-13(14)20)7-8-19-16(21)15(24-17(18)22)10-11-3-2-4-11/h5-6,9,11,15,20H,2-4,7-8,10H2,1H3,(H2,18,22)(H,19,21). The molecule has 0 aromatic heterocycles. The minimum Gasteiger partial charge on any atom is -0.504 e. The highest BCUT2D eigenvalue weighted by Gasteiger charge is 2.28. The summed E-state index contributed by atoms with van der Waals surface area (Å²) in [6, 6.07) is 5.08. The van der Waals surface area contributed by atoms with Crippen molar-refractivity contribution < 1.29 is 24.2 Å². The van der Waals surface area contributed by atoms with Crippen molar-refractivity contribution in [3.05, 3.63) is 23.8 Å². The molecule has 4 N–H and O–H groups in total. The Labute approximate surface area is 141 Å². The quantitative estimate of drug-likeness (QED) is 0.669. The van der Waals surface area contributed by atoms with Gasteiger partial charge in [0.25, 0.3) is 5.91 Å². The maximum Gasteiger partial charge on any atom is 0.405 e. The van der Waals surface area contributed by atoms with Crippen molar-refractivity contribution in [3.8, 4) is 11.5 Å². The van der Waals surface area contributed by atoms with Gasteiger partial charge in [-0.1, -0.05) is 25.3 Å². The first-order valence-electron chi connectivity index (χ1n) is 8.09. The Bertz CT molecular complexity index is 586. The number of phenolic OH excluding ortho intramolecular Hbond substituents is 1. The molecule has 0 bridgehead atoms. The van der Waals surface area contributed by atoms with Crippen LogP contribution in [0.25, 0.3) is 0 Å². The second kappa shape index (κ2) is 8.42. The maximum atomic E-state index is 12.2. The number of hydrogen-bond donors (Lipinski definition) is 3. The molecule has 1 unspecified atom stereocenters. The predicted molar refractivity (Wildman–Crippen MR) is 87.8 cm³/mol. The minimum absolute atomic E-state index is 0.0567. The van der Waals surface area contributed by atoms with Gasteiger partial charge in [0.1, 0.15) is 0 Å². The number of hydrogen-bond acceptors (Lipinski definition) is 5. The lowest BCUT2D eigenvalue weighted by atomic mass is 9.81. The van der Waals surface area contributed by atoms with E-state index < -0.39 is 12.2 Å². The molecule has 1 fully saturated rings. The Balaban J connectivity index is 1.83. The summed E-state index contributed by atoms with van der Waals surface area (Å²) in [5.74, 6) is 0.538. The van der Waals surface area contributed by atoms with Crippen molar-refractivity contribution in [2.45, 2.75) is 38.2 Å². The van der Waals surface area contributed by atoms with E-state index in [0.29, 0.717) is 31.1 Å². The Hall–Kier alpha value is -2.44. The fourth-order valence-corrected chi connectivity index (χ4v) is 2.72. The van der Waals surface area contributed by atoms with Crippen LogP contribution in [0.2, 0.25) is 0 Å². The summed E-state index contributed by atoms with van der Waals surface area (Å²) in [4.78, 5) is 23.2. The molecule has 0 spiro atoms. The number of nitrogens with one attached hydrogen (secondary N) is 1. The minimum atomic E-state index is -0.936. The van der Waals surface area contributed by atoms with Crippen molar-refractivity contribution >= 4 is 12.0 Å². The maximum absolute atomic E-state index is 12.2. The molecule has 0 aliphatic heterocycles. The number of carbonyl (C=O) groups excluding carboxylic acids is 2. The molecule has 7 heteroatoms. The third-order valence-corrected chi connectivity index (χ3v) is 4.28. The summed E-state index contributed by atoms with van der Waals surface area (Å²) in [7, 11) is 1.48. The summed E-state index contributed by atoms with van der Waals surface area (Å²) in [5.41, 5.74) is 5.91. The predicted octanol–water partition coefficient (Wildman–Crippen LogP) is 1.71. The Morgan fingerprint density at radius 2 is 2.17 bits per heavy atom. The van der Waals surface area contributed by atoms with Gasteiger partial charge in [0.05, 0.1) is 7.11 Å². The summed E-state index contributed by atoms with van der Waals surface area (Å²) in [6.07, 6.45) is 2.53. The van der Waals surface area contributed by atoms with E-state index in [-0.39, 0.29) is 11.7 Å². The lowest BCUT2D eigenvalue weighted by molar-refractivity contribution is -0.130. The average Bonchev–Trinajstić information content (AvgIpc) is 2.49. The molecule has 7 nitrogen and oxygen atoms in total. The van der Waals surface area contributed by atoms with Gasteiger partial charge in [-0.3, -0.25) is 4.79 Å². The monoisotopic (exact) mass is 336 g/mol. The number of phenols is 1. The van der Waals surface area contributed by atoms with Crippen LogP contribution in [-0.2, 0) is 16.0 Å². The molecular weight excluding hydrogens is 312 g/mol. The smallest absolute Gasteiger partial charge is 0.405 e. The average molecular weight is 336 g/mol. The van der Waals surface area contributed by atoms with Crippen molar-refractivity contribution in [2.24, 2.45) is 11.7 Å². The fourth-order valence-electron chi connectivity index (χ4n) is 2.72. The topological polar surface area (TPSA) is 111 Å². The van der Waals surface area contributed by atoms with Gasteiger partial charge in [-0.15, -0.1) is 0 Å². The fraction of sp³-hybridized carbons (Fsp3) is 0.529. The molecule has 24 heavy (non-hydrogen) atoms. The van der Waals surface area contributed by atoms with E-state index in [1.165, 1.54) is 7.11 Å². The molecule has 2 rings (SSSR count). The highest BCUT2D eigenvalue weighted by Crippen LogP contribution is 2.31. The SMILES string of the molecule is COc1ccc(CCNC(=O)C(CC2CCC2)OC(N)=O)cc1O. The Kier molecular flexibility index (Phi) is 6.28. The van der Waals surface area contributed by atoms with Crippen LogP contribution in [0, 0.1) is 5.92 Å². The van der Waals surface area contributed by atoms with E-state index in [4.69, 9.17) is 15.2 Å². The third kappa shape index (κ3) is 5.04. The van der Waals surface area contributed by atoms with E-state index in [1.807, 2.05) is 6.07 Å². The van der Waals surface area contributed by atoms with Crippen LogP contribution in [0.5, 0.6) is 11.5 Å². The van der Waals surface area contributed by atoms with Crippen LogP contribution in [0.4, 0.5) is 4.79 Å². The van der Waals surface area contributed by atoms with Gasteiger partial charge in [0.15, 0.2) is 17.6 Å². The van der Waals surface area contributed by atoms with E-state index in [1.54, 1.807) is 12.1 Å². The first kappa shape index (κ1) is 17.9. The lowest BCUT2D eigenvalue weighted by Crippen LogP contribution is -2.41. The first-order valence-corrected chi connectivity index (χ1v) is 8.09. The molecule has 2 amide bonds. The molecule has 0 radical (unpaired) electrons. The number of amides is 2. The molecule has 0 heterocycles. The normalized spacial score (nSPS) is 15.2. The molecule has 1 aliphatic carbocycles. The van der Waals surface area contributed by atoms with Crippen LogP contribution in [0.15, 0.2) is 18.2 Å². The van der Waals surface area contributed by atoms with Gasteiger partial charge in [-0.25, -0.2) is 4.79 Å². The van der Waals surface area contributed by atoms with Crippen molar-refractivity contribution in [2.75, 3.05) is 13.7 Å². The second-order valence-electron chi connectivity index (χ2n) is 6.01. The number of nitrogens with two attached hydrogens (primary N) is 1. The van der Waals surface area contributed by atoms with Crippen molar-refractivity contribution in [1.29, 1.82) is 0 Å². The Morgan fingerprint density at radius 3 is 2.71 bits per heavy atom. The molecule has 1 saturated carbocycles. The van der Waals surface area contributed by atoms with Crippen LogP contribution in [-0.4, -0.2) is 36.9 Å². The van der Waals surface area contributed by atoms with E-state index in [0.717, 1.165) is 24.8 Å². The third-order valence-electron chi connectivity index (χ3n) is 4.28. The molecule has 132 valence electrons. The molecule has 1 atom stereocenters. The largest absolute Gasteiger partial charge is 0.504 e. The lowest BCUT2D eigenvalue weighted by Gasteiger charge is -2.28. The van der Waals surface area contributed by atoms with Gasteiger partial charge in [0, 0.05) is 6.54 Å². The van der Waals surface area contributed by atoms with Crippen LogP contribution >= 0.6 is 0 Å². The summed E-state index contributed by atoms with van der Waals surface area (Å²) in [5, 5.41) is 12.5. The van der Waals surface area contributed by atoms with E-state index >= 15 is 0 Å². The highest BCUT2D eigenvalue weighted by molar-refractivity contribution is 5.83. The number of ether oxygens (including phenoxy) is 2. The summed E-state index contributed by atoms with van der Waals surface area (Å²) in [6.45, 7) is 0.369. The zero-order valence-electron chi connectivity index (χ0n) is 13.8. The molecule has 1 aromatic carbocycles. The van der Waals surface area contributed by atoms with Gasteiger partial charge in [-0.2, -0.15) is 0 Å². The van der Waals surface area contributed by atoms with Crippen LogP contribution in [0.3, 0.4) is 0 Å². The molecule has 0 saturated heterocycles. The number of rotatable bonds is 8. The van der Waals surface area contributed by atoms with Crippen molar-refractivity contribution in [1.82, 2.24) is 5.32 Å². The second-order valence-corrected chi connectivity index (χ2v) is 6.01. The molecule has 1 aliphatic rings. The summed E-state index contributed by atoms with van der Waals surface area (Å²) < 4.78 is 9.93. The molecular formula is C17H24N2O5. The number of aromatic hydroxyl groups is 1. The van der Waals surface area contributed by atoms with E-state index in [9.17, 15) is 14.7 Å². The van der Waals surface area contributed by atoms with Gasteiger partial charge >= 0.3 is 6.09 Å². The number of benzene rings is 1. The van der Waals surface area contributed by atoms with Crippen LogP contribution < -0.4 is 15.8 Å². The van der Waals surface area contributed by atoms with Gasteiger partial charge in [-0.05, 0) is 36.5 Å². The zero-order valence-corrected chi connectivity index (χ0v) is 13.8. The molecule has 1 aromatic rings. The van der Waals surface area contributed by atoms with Crippen molar-refractivity contribution in [3.63, 3.8) is 0 Å². The highest BCUT2D eigenvalue weighted by atomic mass is 16.6. The van der Waals surface area contributed by atoms with Crippen LogP contribution in [0.1, 0.15) is 31.2 Å². The zero-order chi connectivity index (χ0) is 17.5. The number of carbonyl (C=O) groups is 2. The number of methoxy groups -OCH3 is 1.